The predicted molar refractivity (Wildman–Crippen MR) is 82.9 cm³/mol. The molecule has 21 heavy (non-hydrogen) atoms. The third-order valence-corrected chi connectivity index (χ3v) is 4.18. The Labute approximate surface area is 128 Å². The molecule has 1 fully saturated rings. The second kappa shape index (κ2) is 9.77. The number of ether oxygens (including phenoxy) is 1. The Kier molecular flexibility index (Phi) is 8.35. The van der Waals surface area contributed by atoms with E-state index in [4.69, 9.17) is 4.74 Å². The van der Waals surface area contributed by atoms with Crippen molar-refractivity contribution in [3.8, 4) is 0 Å². The molecule has 1 amide bonds. The SMILES string of the molecule is CCOC(=O)C1CCCC(NCCC(=O)N(CC)CC)C1. The van der Waals surface area contributed by atoms with Gasteiger partial charge in [0.15, 0.2) is 0 Å². The van der Waals surface area contributed by atoms with Gasteiger partial charge in [-0.15, -0.1) is 0 Å². The quantitative estimate of drug-likeness (QED) is 0.696. The van der Waals surface area contributed by atoms with Crippen LogP contribution in [0.3, 0.4) is 0 Å². The van der Waals surface area contributed by atoms with Crippen LogP contribution in [0.5, 0.6) is 0 Å². The van der Waals surface area contributed by atoms with Crippen LogP contribution in [-0.2, 0) is 14.3 Å². The smallest absolute Gasteiger partial charge is 0.308 e. The molecule has 0 aromatic rings. The van der Waals surface area contributed by atoms with Gasteiger partial charge in [-0.3, -0.25) is 9.59 Å². The summed E-state index contributed by atoms with van der Waals surface area (Å²) in [5.41, 5.74) is 0. The van der Waals surface area contributed by atoms with Gasteiger partial charge in [0, 0.05) is 32.1 Å². The molecular formula is C16H30N2O3. The molecule has 0 spiro atoms. The Morgan fingerprint density at radius 2 is 1.90 bits per heavy atom. The predicted octanol–water partition coefficient (Wildman–Crippen LogP) is 1.96. The summed E-state index contributed by atoms with van der Waals surface area (Å²) < 4.78 is 5.11. The monoisotopic (exact) mass is 298 g/mol. The Bertz CT molecular complexity index is 329. The summed E-state index contributed by atoms with van der Waals surface area (Å²) in [6.45, 7) is 8.52. The number of esters is 1. The van der Waals surface area contributed by atoms with Crippen LogP contribution >= 0.6 is 0 Å². The fourth-order valence-electron chi connectivity index (χ4n) is 2.97. The molecule has 0 heterocycles. The first kappa shape index (κ1) is 18.0. The largest absolute Gasteiger partial charge is 0.466 e. The molecule has 0 aromatic heterocycles. The van der Waals surface area contributed by atoms with Crippen molar-refractivity contribution in [3.05, 3.63) is 0 Å². The van der Waals surface area contributed by atoms with Crippen molar-refractivity contribution in [1.82, 2.24) is 10.2 Å². The van der Waals surface area contributed by atoms with E-state index in [1.807, 2.05) is 25.7 Å². The lowest BCUT2D eigenvalue weighted by Gasteiger charge is -2.28. The molecule has 0 aliphatic heterocycles. The maximum absolute atomic E-state index is 11.9. The minimum atomic E-state index is -0.0665. The summed E-state index contributed by atoms with van der Waals surface area (Å²) >= 11 is 0. The first-order valence-electron chi connectivity index (χ1n) is 8.30. The first-order valence-corrected chi connectivity index (χ1v) is 8.30. The van der Waals surface area contributed by atoms with Gasteiger partial charge in [0.1, 0.15) is 0 Å². The maximum atomic E-state index is 11.9. The number of carbonyl (C=O) groups is 2. The zero-order chi connectivity index (χ0) is 15.7. The molecule has 2 unspecified atom stereocenters. The molecule has 1 N–H and O–H groups in total. The summed E-state index contributed by atoms with van der Waals surface area (Å²) in [5, 5.41) is 3.43. The van der Waals surface area contributed by atoms with Crippen molar-refractivity contribution >= 4 is 11.9 Å². The van der Waals surface area contributed by atoms with Gasteiger partial charge >= 0.3 is 5.97 Å². The number of carbonyl (C=O) groups excluding carboxylic acids is 2. The Balaban J connectivity index is 2.28. The van der Waals surface area contributed by atoms with Crippen LogP contribution in [0, 0.1) is 5.92 Å². The van der Waals surface area contributed by atoms with Crippen molar-refractivity contribution in [3.63, 3.8) is 0 Å². The minimum Gasteiger partial charge on any atom is -0.466 e. The first-order chi connectivity index (χ1) is 10.1. The van der Waals surface area contributed by atoms with Gasteiger partial charge in [-0.1, -0.05) is 6.42 Å². The van der Waals surface area contributed by atoms with Crippen LogP contribution in [0.2, 0.25) is 0 Å². The highest BCUT2D eigenvalue weighted by atomic mass is 16.5. The van der Waals surface area contributed by atoms with E-state index in [1.54, 1.807) is 0 Å². The van der Waals surface area contributed by atoms with E-state index in [-0.39, 0.29) is 17.8 Å². The second-order valence-electron chi connectivity index (χ2n) is 5.58. The maximum Gasteiger partial charge on any atom is 0.308 e. The average Bonchev–Trinajstić information content (AvgIpc) is 2.49. The third kappa shape index (κ3) is 6.04. The summed E-state index contributed by atoms with van der Waals surface area (Å²) in [6, 6.07) is 0.331. The lowest BCUT2D eigenvalue weighted by Crippen LogP contribution is -2.39. The van der Waals surface area contributed by atoms with Gasteiger partial charge in [0.25, 0.3) is 0 Å². The Morgan fingerprint density at radius 1 is 1.19 bits per heavy atom. The van der Waals surface area contributed by atoms with Gasteiger partial charge in [0.2, 0.25) is 5.91 Å². The number of hydrogen-bond acceptors (Lipinski definition) is 4. The van der Waals surface area contributed by atoms with Crippen molar-refractivity contribution in [2.75, 3.05) is 26.2 Å². The fraction of sp³-hybridized carbons (Fsp3) is 0.875. The molecule has 0 saturated heterocycles. The Hall–Kier alpha value is -1.10. The van der Waals surface area contributed by atoms with Gasteiger partial charge in [-0.2, -0.15) is 0 Å². The van der Waals surface area contributed by atoms with E-state index >= 15 is 0 Å². The standard InChI is InChI=1S/C16H30N2O3/c1-4-18(5-2)15(19)10-11-17-14-9-7-8-13(12-14)16(20)21-6-3/h13-14,17H,4-12H2,1-3H3. The number of amides is 1. The molecule has 2 atom stereocenters. The van der Waals surface area contributed by atoms with E-state index in [9.17, 15) is 9.59 Å². The Morgan fingerprint density at radius 3 is 2.52 bits per heavy atom. The van der Waals surface area contributed by atoms with Gasteiger partial charge in [-0.25, -0.2) is 0 Å². The molecule has 1 saturated carbocycles. The van der Waals surface area contributed by atoms with Gasteiger partial charge in [0.05, 0.1) is 12.5 Å². The van der Waals surface area contributed by atoms with Crippen LogP contribution in [0.1, 0.15) is 52.9 Å². The minimum absolute atomic E-state index is 0.0229. The van der Waals surface area contributed by atoms with Crippen molar-refractivity contribution in [2.24, 2.45) is 5.92 Å². The summed E-state index contributed by atoms with van der Waals surface area (Å²) in [6.07, 6.45) is 4.41. The summed E-state index contributed by atoms with van der Waals surface area (Å²) in [4.78, 5) is 25.5. The highest BCUT2D eigenvalue weighted by Crippen LogP contribution is 2.25. The molecule has 1 rings (SSSR count). The highest BCUT2D eigenvalue weighted by molar-refractivity contribution is 5.76. The number of hydrogen-bond donors (Lipinski definition) is 1. The topological polar surface area (TPSA) is 58.6 Å². The van der Waals surface area contributed by atoms with Gasteiger partial charge in [-0.05, 0) is 40.0 Å². The molecule has 0 aromatic carbocycles. The second-order valence-corrected chi connectivity index (χ2v) is 5.58. The molecule has 5 nitrogen and oxygen atoms in total. The lowest BCUT2D eigenvalue weighted by molar-refractivity contribution is -0.149. The zero-order valence-electron chi connectivity index (χ0n) is 13.7. The van der Waals surface area contributed by atoms with E-state index in [0.717, 1.165) is 38.8 Å². The van der Waals surface area contributed by atoms with Crippen molar-refractivity contribution in [1.29, 1.82) is 0 Å². The van der Waals surface area contributed by atoms with Crippen LogP contribution in [0.4, 0.5) is 0 Å². The lowest BCUT2D eigenvalue weighted by atomic mass is 9.85. The summed E-state index contributed by atoms with van der Waals surface area (Å²) in [5.74, 6) is 0.156. The van der Waals surface area contributed by atoms with Crippen molar-refractivity contribution < 1.29 is 14.3 Å². The average molecular weight is 298 g/mol. The molecule has 0 bridgehead atoms. The van der Waals surface area contributed by atoms with E-state index in [2.05, 4.69) is 5.32 Å². The molecule has 122 valence electrons. The van der Waals surface area contributed by atoms with Crippen LogP contribution in [0.15, 0.2) is 0 Å². The van der Waals surface area contributed by atoms with E-state index < -0.39 is 0 Å². The van der Waals surface area contributed by atoms with Crippen molar-refractivity contribution in [2.45, 2.75) is 58.9 Å². The number of rotatable bonds is 8. The molecule has 0 radical (unpaired) electrons. The molecule has 1 aliphatic rings. The molecular weight excluding hydrogens is 268 g/mol. The summed E-state index contributed by atoms with van der Waals surface area (Å²) in [7, 11) is 0. The van der Waals surface area contributed by atoms with Crippen LogP contribution in [0.25, 0.3) is 0 Å². The van der Waals surface area contributed by atoms with E-state index in [0.29, 0.717) is 25.6 Å². The highest BCUT2D eigenvalue weighted by Gasteiger charge is 2.27. The molecule has 1 aliphatic carbocycles. The molecule has 5 heteroatoms. The zero-order valence-corrected chi connectivity index (χ0v) is 13.7. The fourth-order valence-corrected chi connectivity index (χ4v) is 2.97. The number of nitrogens with one attached hydrogen (secondary N) is 1. The van der Waals surface area contributed by atoms with E-state index in [1.165, 1.54) is 0 Å². The van der Waals surface area contributed by atoms with Crippen LogP contribution in [-0.4, -0.2) is 49.1 Å². The van der Waals surface area contributed by atoms with Crippen LogP contribution < -0.4 is 5.32 Å². The van der Waals surface area contributed by atoms with Gasteiger partial charge < -0.3 is 15.0 Å². The normalized spacial score (nSPS) is 21.9. The third-order valence-electron chi connectivity index (χ3n) is 4.18. The number of nitrogens with zero attached hydrogens (tertiary/aromatic N) is 1.